The van der Waals surface area contributed by atoms with E-state index in [1.54, 1.807) is 12.1 Å². The Morgan fingerprint density at radius 2 is 1.96 bits per heavy atom. The number of anilines is 1. The highest BCUT2D eigenvalue weighted by Gasteiger charge is 2.27. The van der Waals surface area contributed by atoms with E-state index < -0.39 is 5.91 Å². The fourth-order valence-corrected chi connectivity index (χ4v) is 4.39. The van der Waals surface area contributed by atoms with Crippen LogP contribution in [0.25, 0.3) is 0 Å². The van der Waals surface area contributed by atoms with Gasteiger partial charge in [0.05, 0.1) is 5.56 Å². The molecule has 1 heterocycles. The van der Waals surface area contributed by atoms with Crippen LogP contribution in [0.2, 0.25) is 0 Å². The number of benzene rings is 1. The van der Waals surface area contributed by atoms with Crippen LogP contribution in [0.15, 0.2) is 24.3 Å². The second-order valence-corrected chi connectivity index (χ2v) is 7.35. The van der Waals surface area contributed by atoms with E-state index in [-0.39, 0.29) is 5.91 Å². The van der Waals surface area contributed by atoms with E-state index in [1.807, 2.05) is 19.1 Å². The fourth-order valence-electron chi connectivity index (χ4n) is 2.98. The molecule has 23 heavy (non-hydrogen) atoms. The van der Waals surface area contributed by atoms with Gasteiger partial charge in [-0.25, -0.2) is 0 Å². The van der Waals surface area contributed by atoms with Crippen LogP contribution in [0.5, 0.6) is 0 Å². The van der Waals surface area contributed by atoms with Crippen LogP contribution in [0.3, 0.4) is 0 Å². The van der Waals surface area contributed by atoms with Gasteiger partial charge in [-0.1, -0.05) is 24.6 Å². The predicted molar refractivity (Wildman–Crippen MR) is 93.2 cm³/mol. The Kier molecular flexibility index (Phi) is 4.22. The third kappa shape index (κ3) is 3.15. The van der Waals surface area contributed by atoms with E-state index in [2.05, 4.69) is 12.2 Å². The average molecular weight is 328 g/mol. The SMILES string of the molecule is Cc1ccc(C(=O)Nc2sc3c(c2C(N)=O)CC[C@H](C)C3)cc1. The number of fused-ring (bicyclic) bond motifs is 1. The van der Waals surface area contributed by atoms with E-state index in [0.29, 0.717) is 22.0 Å². The lowest BCUT2D eigenvalue weighted by Gasteiger charge is -2.18. The van der Waals surface area contributed by atoms with Gasteiger partial charge < -0.3 is 11.1 Å². The van der Waals surface area contributed by atoms with Crippen molar-refractivity contribution in [2.24, 2.45) is 11.7 Å². The molecule has 0 saturated heterocycles. The molecule has 2 amide bonds. The highest BCUT2D eigenvalue weighted by Crippen LogP contribution is 2.39. The summed E-state index contributed by atoms with van der Waals surface area (Å²) in [6.07, 6.45) is 2.85. The van der Waals surface area contributed by atoms with Crippen molar-refractivity contribution in [2.45, 2.75) is 33.1 Å². The quantitative estimate of drug-likeness (QED) is 0.904. The zero-order chi connectivity index (χ0) is 16.6. The molecule has 1 aliphatic carbocycles. The average Bonchev–Trinajstić information content (AvgIpc) is 2.84. The van der Waals surface area contributed by atoms with Crippen LogP contribution in [-0.4, -0.2) is 11.8 Å². The van der Waals surface area contributed by atoms with Crippen LogP contribution in [0.4, 0.5) is 5.00 Å². The highest BCUT2D eigenvalue weighted by atomic mass is 32.1. The molecule has 1 aromatic carbocycles. The number of thiophene rings is 1. The molecule has 0 spiro atoms. The largest absolute Gasteiger partial charge is 0.365 e. The van der Waals surface area contributed by atoms with Crippen molar-refractivity contribution in [2.75, 3.05) is 5.32 Å². The summed E-state index contributed by atoms with van der Waals surface area (Å²) in [4.78, 5) is 25.5. The molecule has 0 bridgehead atoms. The molecule has 3 N–H and O–H groups in total. The standard InChI is InChI=1S/C18H20N2O2S/c1-10-3-6-12(7-4-10)17(22)20-18-15(16(19)21)13-8-5-11(2)9-14(13)23-18/h3-4,6-7,11H,5,8-9H2,1-2H3,(H2,19,21)(H,20,22)/t11-/m0/s1. The zero-order valence-electron chi connectivity index (χ0n) is 13.3. The number of hydrogen-bond donors (Lipinski definition) is 2. The topological polar surface area (TPSA) is 72.2 Å². The zero-order valence-corrected chi connectivity index (χ0v) is 14.1. The molecular formula is C18H20N2O2S. The monoisotopic (exact) mass is 328 g/mol. The van der Waals surface area contributed by atoms with Crippen LogP contribution in [0, 0.1) is 12.8 Å². The third-order valence-electron chi connectivity index (χ3n) is 4.30. The molecule has 0 fully saturated rings. The van der Waals surface area contributed by atoms with Crippen LogP contribution in [-0.2, 0) is 12.8 Å². The minimum Gasteiger partial charge on any atom is -0.365 e. The number of aryl methyl sites for hydroxylation is 1. The molecule has 120 valence electrons. The maximum Gasteiger partial charge on any atom is 0.256 e. The Bertz CT molecular complexity index is 762. The Balaban J connectivity index is 1.92. The molecule has 2 aromatic rings. The number of rotatable bonds is 3. The molecule has 5 heteroatoms. The van der Waals surface area contributed by atoms with Crippen molar-refractivity contribution in [1.29, 1.82) is 0 Å². The van der Waals surface area contributed by atoms with Gasteiger partial charge in [0, 0.05) is 10.4 Å². The number of nitrogens with two attached hydrogens (primary N) is 1. The van der Waals surface area contributed by atoms with Crippen molar-refractivity contribution < 1.29 is 9.59 Å². The summed E-state index contributed by atoms with van der Waals surface area (Å²) >= 11 is 1.49. The third-order valence-corrected chi connectivity index (χ3v) is 5.47. The van der Waals surface area contributed by atoms with Gasteiger partial charge in [-0.15, -0.1) is 11.3 Å². The number of nitrogens with one attached hydrogen (secondary N) is 1. The van der Waals surface area contributed by atoms with Gasteiger partial charge in [0.15, 0.2) is 0 Å². The van der Waals surface area contributed by atoms with Gasteiger partial charge >= 0.3 is 0 Å². The molecule has 0 aliphatic heterocycles. The van der Waals surface area contributed by atoms with Gasteiger partial charge in [0.2, 0.25) is 0 Å². The van der Waals surface area contributed by atoms with Gasteiger partial charge in [0.1, 0.15) is 5.00 Å². The number of hydrogen-bond acceptors (Lipinski definition) is 3. The van der Waals surface area contributed by atoms with Gasteiger partial charge in [-0.3, -0.25) is 9.59 Å². The first kappa shape index (κ1) is 15.7. The second-order valence-electron chi connectivity index (χ2n) is 6.24. The lowest BCUT2D eigenvalue weighted by molar-refractivity contribution is 0.1000. The normalized spacial score (nSPS) is 16.7. The Morgan fingerprint density at radius 1 is 1.26 bits per heavy atom. The molecule has 3 rings (SSSR count). The van der Waals surface area contributed by atoms with Crippen molar-refractivity contribution in [3.8, 4) is 0 Å². The summed E-state index contributed by atoms with van der Waals surface area (Å²) in [6.45, 7) is 4.18. The smallest absolute Gasteiger partial charge is 0.256 e. The van der Waals surface area contributed by atoms with Crippen molar-refractivity contribution in [1.82, 2.24) is 0 Å². The first-order valence-corrected chi connectivity index (χ1v) is 8.59. The van der Waals surface area contributed by atoms with Gasteiger partial charge in [-0.2, -0.15) is 0 Å². The minimum atomic E-state index is -0.462. The number of primary amides is 1. The van der Waals surface area contributed by atoms with E-state index in [0.717, 1.165) is 30.4 Å². The van der Waals surface area contributed by atoms with E-state index in [1.165, 1.54) is 16.2 Å². The Hall–Kier alpha value is -2.14. The van der Waals surface area contributed by atoms with Crippen molar-refractivity contribution in [3.63, 3.8) is 0 Å². The van der Waals surface area contributed by atoms with Crippen molar-refractivity contribution >= 4 is 28.2 Å². The first-order chi connectivity index (χ1) is 11.0. The maximum absolute atomic E-state index is 12.4. The predicted octanol–water partition coefficient (Wildman–Crippen LogP) is 3.53. The molecule has 1 aliphatic rings. The van der Waals surface area contributed by atoms with E-state index >= 15 is 0 Å². The Labute approximate surface area is 139 Å². The molecule has 1 aromatic heterocycles. The van der Waals surface area contributed by atoms with Crippen LogP contribution < -0.4 is 11.1 Å². The summed E-state index contributed by atoms with van der Waals surface area (Å²) in [5, 5.41) is 3.46. The molecule has 4 nitrogen and oxygen atoms in total. The summed E-state index contributed by atoms with van der Waals surface area (Å²) in [5.74, 6) is -0.0714. The van der Waals surface area contributed by atoms with E-state index in [9.17, 15) is 9.59 Å². The summed E-state index contributed by atoms with van der Waals surface area (Å²) in [7, 11) is 0. The van der Waals surface area contributed by atoms with Crippen LogP contribution >= 0.6 is 11.3 Å². The minimum absolute atomic E-state index is 0.209. The summed E-state index contributed by atoms with van der Waals surface area (Å²) in [6, 6.07) is 7.35. The summed E-state index contributed by atoms with van der Waals surface area (Å²) in [5.41, 5.74) is 8.77. The lowest BCUT2D eigenvalue weighted by atomic mass is 9.88. The molecule has 0 radical (unpaired) electrons. The molecule has 0 saturated carbocycles. The van der Waals surface area contributed by atoms with Crippen molar-refractivity contribution in [3.05, 3.63) is 51.4 Å². The maximum atomic E-state index is 12.4. The van der Waals surface area contributed by atoms with E-state index in [4.69, 9.17) is 5.73 Å². The lowest BCUT2D eigenvalue weighted by Crippen LogP contribution is -2.19. The molecule has 0 unspecified atom stereocenters. The molecular weight excluding hydrogens is 308 g/mol. The summed E-state index contributed by atoms with van der Waals surface area (Å²) < 4.78 is 0. The number of carbonyl (C=O) groups excluding carboxylic acids is 2. The number of carbonyl (C=O) groups is 2. The Morgan fingerprint density at radius 3 is 2.61 bits per heavy atom. The highest BCUT2D eigenvalue weighted by molar-refractivity contribution is 7.17. The second kappa shape index (κ2) is 6.16. The number of amides is 2. The van der Waals surface area contributed by atoms with Gasteiger partial charge in [-0.05, 0) is 49.8 Å². The first-order valence-electron chi connectivity index (χ1n) is 7.78. The van der Waals surface area contributed by atoms with Crippen LogP contribution in [0.1, 0.15) is 50.1 Å². The van der Waals surface area contributed by atoms with Gasteiger partial charge in [0.25, 0.3) is 11.8 Å². The fraction of sp³-hybridized carbons (Fsp3) is 0.333. The molecule has 1 atom stereocenters.